The monoisotopic (exact) mass is 243 g/mol. The lowest BCUT2D eigenvalue weighted by molar-refractivity contribution is 0.102. The standard InChI is InChI=1S/C13H13N3O2/c14-8-10-3-1-2-4-11(10)16-13(18)9-5-6-15-12(17)7-9/h1-7H,8,14H2,(H,15,17)(H,16,18). The van der Waals surface area contributed by atoms with E-state index < -0.39 is 0 Å². The number of nitrogens with two attached hydrogens (primary N) is 1. The molecule has 1 aromatic carbocycles. The molecule has 0 fully saturated rings. The van der Waals surface area contributed by atoms with Crippen molar-refractivity contribution in [2.75, 3.05) is 5.32 Å². The van der Waals surface area contributed by atoms with Gasteiger partial charge in [0.2, 0.25) is 5.56 Å². The molecule has 0 bridgehead atoms. The number of pyridine rings is 1. The molecule has 1 heterocycles. The number of aromatic amines is 1. The van der Waals surface area contributed by atoms with Crippen molar-refractivity contribution < 1.29 is 4.79 Å². The summed E-state index contributed by atoms with van der Waals surface area (Å²) in [6.45, 7) is 0.339. The summed E-state index contributed by atoms with van der Waals surface area (Å²) in [6.07, 6.45) is 1.44. The lowest BCUT2D eigenvalue weighted by Gasteiger charge is -2.09. The predicted molar refractivity (Wildman–Crippen MR) is 69.3 cm³/mol. The second kappa shape index (κ2) is 5.29. The summed E-state index contributed by atoms with van der Waals surface area (Å²) in [7, 11) is 0. The summed E-state index contributed by atoms with van der Waals surface area (Å²) < 4.78 is 0. The number of nitrogens with one attached hydrogen (secondary N) is 2. The molecule has 4 N–H and O–H groups in total. The van der Waals surface area contributed by atoms with Gasteiger partial charge in [0.1, 0.15) is 0 Å². The number of aromatic nitrogens is 1. The lowest BCUT2D eigenvalue weighted by atomic mass is 10.1. The van der Waals surface area contributed by atoms with E-state index in [2.05, 4.69) is 10.3 Å². The van der Waals surface area contributed by atoms with Crippen LogP contribution < -0.4 is 16.6 Å². The van der Waals surface area contributed by atoms with Crippen molar-refractivity contribution in [3.05, 3.63) is 64.1 Å². The lowest BCUT2D eigenvalue weighted by Crippen LogP contribution is -2.17. The Balaban J connectivity index is 2.24. The van der Waals surface area contributed by atoms with Crippen LogP contribution in [-0.4, -0.2) is 10.9 Å². The van der Waals surface area contributed by atoms with E-state index in [1.807, 2.05) is 18.2 Å². The number of amides is 1. The summed E-state index contributed by atoms with van der Waals surface area (Å²) in [5, 5.41) is 2.73. The van der Waals surface area contributed by atoms with Crippen LogP contribution in [0, 0.1) is 0 Å². The summed E-state index contributed by atoms with van der Waals surface area (Å²) in [5.41, 5.74) is 7.08. The summed E-state index contributed by atoms with van der Waals surface area (Å²) in [4.78, 5) is 25.5. The van der Waals surface area contributed by atoms with Gasteiger partial charge in [0, 0.05) is 30.1 Å². The molecule has 0 atom stereocenters. The minimum Gasteiger partial charge on any atom is -0.329 e. The number of hydrogen-bond acceptors (Lipinski definition) is 3. The van der Waals surface area contributed by atoms with Crippen molar-refractivity contribution in [1.29, 1.82) is 0 Å². The van der Waals surface area contributed by atoms with Gasteiger partial charge in [-0.05, 0) is 17.7 Å². The van der Waals surface area contributed by atoms with E-state index in [4.69, 9.17) is 5.73 Å². The number of carbonyl (C=O) groups is 1. The van der Waals surface area contributed by atoms with E-state index in [0.29, 0.717) is 17.8 Å². The molecule has 5 nitrogen and oxygen atoms in total. The molecule has 18 heavy (non-hydrogen) atoms. The highest BCUT2D eigenvalue weighted by Gasteiger charge is 2.08. The Kier molecular flexibility index (Phi) is 3.54. The highest BCUT2D eigenvalue weighted by atomic mass is 16.2. The van der Waals surface area contributed by atoms with Crippen LogP contribution in [0.3, 0.4) is 0 Å². The molecule has 5 heteroatoms. The van der Waals surface area contributed by atoms with Crippen LogP contribution in [0.15, 0.2) is 47.4 Å². The molecule has 2 rings (SSSR count). The molecule has 0 radical (unpaired) electrons. The van der Waals surface area contributed by atoms with E-state index in [-0.39, 0.29) is 11.5 Å². The van der Waals surface area contributed by atoms with Crippen molar-refractivity contribution >= 4 is 11.6 Å². The van der Waals surface area contributed by atoms with Gasteiger partial charge in [-0.3, -0.25) is 9.59 Å². The summed E-state index contributed by atoms with van der Waals surface area (Å²) in [6, 6.07) is 10.1. The van der Waals surface area contributed by atoms with Gasteiger partial charge >= 0.3 is 0 Å². The van der Waals surface area contributed by atoms with Gasteiger partial charge < -0.3 is 16.0 Å². The molecule has 2 aromatic rings. The Morgan fingerprint density at radius 3 is 2.78 bits per heavy atom. The number of para-hydroxylation sites is 1. The molecule has 1 amide bonds. The number of benzene rings is 1. The Hall–Kier alpha value is -2.40. The maximum Gasteiger partial charge on any atom is 0.255 e. The smallest absolute Gasteiger partial charge is 0.255 e. The van der Waals surface area contributed by atoms with Crippen LogP contribution in [0.1, 0.15) is 15.9 Å². The van der Waals surface area contributed by atoms with Crippen LogP contribution in [0.2, 0.25) is 0 Å². The Bertz CT molecular complexity index is 619. The van der Waals surface area contributed by atoms with Crippen molar-refractivity contribution in [3.63, 3.8) is 0 Å². The second-order valence-corrected chi connectivity index (χ2v) is 3.76. The molecule has 92 valence electrons. The molecular formula is C13H13N3O2. The third-order valence-electron chi connectivity index (χ3n) is 2.52. The number of H-pyrrole nitrogens is 1. The first-order chi connectivity index (χ1) is 8.70. The molecule has 0 saturated heterocycles. The van der Waals surface area contributed by atoms with Crippen LogP contribution in [-0.2, 0) is 6.54 Å². The molecule has 0 saturated carbocycles. The Labute approximate surface area is 104 Å². The maximum absolute atomic E-state index is 11.9. The summed E-state index contributed by atoms with van der Waals surface area (Å²) >= 11 is 0. The highest BCUT2D eigenvalue weighted by Crippen LogP contribution is 2.14. The van der Waals surface area contributed by atoms with E-state index in [0.717, 1.165) is 5.56 Å². The number of anilines is 1. The second-order valence-electron chi connectivity index (χ2n) is 3.76. The van der Waals surface area contributed by atoms with Gasteiger partial charge in [-0.15, -0.1) is 0 Å². The first-order valence-corrected chi connectivity index (χ1v) is 5.49. The van der Waals surface area contributed by atoms with Crippen LogP contribution in [0.4, 0.5) is 5.69 Å². The normalized spacial score (nSPS) is 10.1. The molecule has 0 unspecified atom stereocenters. The highest BCUT2D eigenvalue weighted by molar-refractivity contribution is 6.04. The molecule has 0 aliphatic carbocycles. The molecular weight excluding hydrogens is 230 g/mol. The average Bonchev–Trinajstić information content (AvgIpc) is 2.39. The first kappa shape index (κ1) is 12.1. The van der Waals surface area contributed by atoms with E-state index in [1.54, 1.807) is 12.1 Å². The zero-order valence-electron chi connectivity index (χ0n) is 9.64. The molecule has 0 aliphatic heterocycles. The van der Waals surface area contributed by atoms with Gasteiger partial charge in [0.15, 0.2) is 0 Å². The van der Waals surface area contributed by atoms with Crippen LogP contribution >= 0.6 is 0 Å². The minimum atomic E-state index is -0.331. The molecule has 0 spiro atoms. The fourth-order valence-electron chi connectivity index (χ4n) is 1.60. The third-order valence-corrected chi connectivity index (χ3v) is 2.52. The minimum absolute atomic E-state index is 0.310. The zero-order valence-corrected chi connectivity index (χ0v) is 9.64. The van der Waals surface area contributed by atoms with Crippen molar-refractivity contribution in [1.82, 2.24) is 4.98 Å². The Morgan fingerprint density at radius 1 is 1.28 bits per heavy atom. The quantitative estimate of drug-likeness (QED) is 0.753. The van der Waals surface area contributed by atoms with E-state index in [1.165, 1.54) is 12.3 Å². The van der Waals surface area contributed by atoms with E-state index >= 15 is 0 Å². The van der Waals surface area contributed by atoms with Gasteiger partial charge in [-0.1, -0.05) is 18.2 Å². The topological polar surface area (TPSA) is 88.0 Å². The molecule has 1 aromatic heterocycles. The third kappa shape index (κ3) is 2.64. The van der Waals surface area contributed by atoms with Crippen LogP contribution in [0.25, 0.3) is 0 Å². The van der Waals surface area contributed by atoms with Gasteiger partial charge in [0.25, 0.3) is 5.91 Å². The largest absolute Gasteiger partial charge is 0.329 e. The van der Waals surface area contributed by atoms with Crippen LogP contribution in [0.5, 0.6) is 0 Å². The van der Waals surface area contributed by atoms with Crippen molar-refractivity contribution in [2.24, 2.45) is 5.73 Å². The predicted octanol–water partition coefficient (Wildman–Crippen LogP) is 1.09. The fraction of sp³-hybridized carbons (Fsp3) is 0.0769. The average molecular weight is 243 g/mol. The molecule has 0 aliphatic rings. The van der Waals surface area contributed by atoms with Gasteiger partial charge in [-0.2, -0.15) is 0 Å². The van der Waals surface area contributed by atoms with Crippen molar-refractivity contribution in [2.45, 2.75) is 6.54 Å². The number of hydrogen-bond donors (Lipinski definition) is 3. The first-order valence-electron chi connectivity index (χ1n) is 5.49. The zero-order chi connectivity index (χ0) is 13.0. The fourth-order valence-corrected chi connectivity index (χ4v) is 1.60. The Morgan fingerprint density at radius 2 is 2.06 bits per heavy atom. The van der Waals surface area contributed by atoms with Gasteiger partial charge in [-0.25, -0.2) is 0 Å². The summed E-state index contributed by atoms with van der Waals surface area (Å²) in [5.74, 6) is -0.331. The van der Waals surface area contributed by atoms with E-state index in [9.17, 15) is 9.59 Å². The maximum atomic E-state index is 11.9. The van der Waals surface area contributed by atoms with Gasteiger partial charge in [0.05, 0.1) is 0 Å². The number of rotatable bonds is 3. The van der Waals surface area contributed by atoms with Crippen molar-refractivity contribution in [3.8, 4) is 0 Å². The number of carbonyl (C=O) groups excluding carboxylic acids is 1. The SMILES string of the molecule is NCc1ccccc1NC(=O)c1cc[nH]c(=O)c1.